The van der Waals surface area contributed by atoms with Crippen molar-refractivity contribution in [1.82, 2.24) is 9.29 Å². The van der Waals surface area contributed by atoms with Crippen molar-refractivity contribution in [3.05, 3.63) is 30.6 Å². The number of sulfonamides is 1. The summed E-state index contributed by atoms with van der Waals surface area (Å²) < 4.78 is 26.0. The van der Waals surface area contributed by atoms with Gasteiger partial charge >= 0.3 is 0 Å². The Hall–Kier alpha value is -1.11. The highest BCUT2D eigenvalue weighted by Crippen LogP contribution is 2.18. The van der Waals surface area contributed by atoms with Crippen molar-refractivity contribution in [2.45, 2.75) is 31.3 Å². The van der Waals surface area contributed by atoms with Crippen LogP contribution >= 0.6 is 0 Å². The third-order valence-electron chi connectivity index (χ3n) is 2.43. The maximum absolute atomic E-state index is 12.3. The van der Waals surface area contributed by atoms with Gasteiger partial charge in [0.1, 0.15) is 0 Å². The van der Waals surface area contributed by atoms with Crippen molar-refractivity contribution < 1.29 is 8.42 Å². The van der Waals surface area contributed by atoms with Gasteiger partial charge in [-0.3, -0.25) is 0 Å². The number of aromatic nitrogens is 1. The van der Waals surface area contributed by atoms with Crippen LogP contribution in [0.3, 0.4) is 0 Å². The van der Waals surface area contributed by atoms with Crippen LogP contribution in [0.2, 0.25) is 0 Å². The first-order valence-electron chi connectivity index (χ1n) is 5.43. The largest absolute Gasteiger partial charge is 0.363 e. The zero-order valence-electron chi connectivity index (χ0n) is 10.2. The van der Waals surface area contributed by atoms with Gasteiger partial charge in [0, 0.05) is 31.0 Å². The number of nitrogens with zero attached hydrogens (tertiary/aromatic N) is 1. The Morgan fingerprint density at radius 1 is 1.59 bits per heavy atom. The number of aromatic amines is 1. The summed E-state index contributed by atoms with van der Waals surface area (Å²) in [5.41, 5.74) is 6.15. The van der Waals surface area contributed by atoms with E-state index >= 15 is 0 Å². The van der Waals surface area contributed by atoms with Crippen molar-refractivity contribution in [2.24, 2.45) is 5.73 Å². The molecule has 0 amide bonds. The Morgan fingerprint density at radius 2 is 2.24 bits per heavy atom. The highest BCUT2D eigenvalue weighted by molar-refractivity contribution is 7.89. The molecule has 0 bridgehead atoms. The van der Waals surface area contributed by atoms with E-state index in [0.29, 0.717) is 18.8 Å². The normalized spacial score (nSPS) is 12.3. The molecule has 0 saturated heterocycles. The molecule has 3 N–H and O–H groups in total. The lowest BCUT2D eigenvalue weighted by Gasteiger charge is -2.23. The molecule has 0 fully saturated rings. The van der Waals surface area contributed by atoms with Gasteiger partial charge in [0.15, 0.2) is 0 Å². The Balaban J connectivity index is 3.11. The van der Waals surface area contributed by atoms with E-state index in [-0.39, 0.29) is 10.9 Å². The molecule has 0 aliphatic rings. The van der Waals surface area contributed by atoms with Gasteiger partial charge in [-0.05, 0) is 19.9 Å². The molecule has 1 aromatic heterocycles. The average molecular weight is 257 g/mol. The SMILES string of the molecule is C=CCN(C(C)C)S(=O)(=O)c1c[nH]c(CN)c1. The molecule has 1 aromatic rings. The highest BCUT2D eigenvalue weighted by atomic mass is 32.2. The van der Waals surface area contributed by atoms with Crippen LogP contribution in [0.5, 0.6) is 0 Å². The van der Waals surface area contributed by atoms with Gasteiger partial charge in [0.25, 0.3) is 0 Å². The minimum absolute atomic E-state index is 0.116. The summed E-state index contributed by atoms with van der Waals surface area (Å²) in [5.74, 6) is 0. The second kappa shape index (κ2) is 5.48. The van der Waals surface area contributed by atoms with Gasteiger partial charge in [-0.2, -0.15) is 4.31 Å². The topological polar surface area (TPSA) is 79.2 Å². The van der Waals surface area contributed by atoms with Gasteiger partial charge in [0.05, 0.1) is 4.90 Å². The number of rotatable bonds is 6. The number of hydrogen-bond acceptors (Lipinski definition) is 3. The Labute approximate surface area is 102 Å². The van der Waals surface area contributed by atoms with Crippen LogP contribution < -0.4 is 5.73 Å². The smallest absolute Gasteiger partial charge is 0.245 e. The lowest BCUT2D eigenvalue weighted by Crippen LogP contribution is -2.36. The summed E-state index contributed by atoms with van der Waals surface area (Å²) in [5, 5.41) is 0. The van der Waals surface area contributed by atoms with E-state index in [1.54, 1.807) is 12.1 Å². The maximum Gasteiger partial charge on any atom is 0.245 e. The van der Waals surface area contributed by atoms with Gasteiger partial charge in [-0.15, -0.1) is 6.58 Å². The number of H-pyrrole nitrogens is 1. The quantitative estimate of drug-likeness (QED) is 0.748. The van der Waals surface area contributed by atoms with E-state index in [4.69, 9.17) is 5.73 Å². The first-order valence-corrected chi connectivity index (χ1v) is 6.87. The maximum atomic E-state index is 12.3. The van der Waals surface area contributed by atoms with E-state index in [1.165, 1.54) is 10.5 Å². The Kier molecular flexibility index (Phi) is 4.50. The van der Waals surface area contributed by atoms with Crippen molar-refractivity contribution in [3.8, 4) is 0 Å². The lowest BCUT2D eigenvalue weighted by molar-refractivity contribution is 0.383. The fraction of sp³-hybridized carbons (Fsp3) is 0.455. The summed E-state index contributed by atoms with van der Waals surface area (Å²) in [6, 6.07) is 1.45. The second-order valence-electron chi connectivity index (χ2n) is 4.02. The zero-order chi connectivity index (χ0) is 13.1. The number of nitrogens with two attached hydrogens (primary N) is 1. The van der Waals surface area contributed by atoms with Crippen LogP contribution in [0, 0.1) is 0 Å². The van der Waals surface area contributed by atoms with E-state index in [9.17, 15) is 8.42 Å². The highest BCUT2D eigenvalue weighted by Gasteiger charge is 2.26. The van der Waals surface area contributed by atoms with E-state index in [2.05, 4.69) is 11.6 Å². The molecule has 1 heterocycles. The molecule has 6 heteroatoms. The summed E-state index contributed by atoms with van der Waals surface area (Å²) in [7, 11) is -3.48. The first-order chi connectivity index (χ1) is 7.93. The van der Waals surface area contributed by atoms with Crippen molar-refractivity contribution in [1.29, 1.82) is 0 Å². The summed E-state index contributed by atoms with van der Waals surface area (Å²) in [6.45, 7) is 7.82. The molecule has 5 nitrogen and oxygen atoms in total. The van der Waals surface area contributed by atoms with Crippen molar-refractivity contribution >= 4 is 10.0 Å². The molecule has 1 rings (SSSR count). The van der Waals surface area contributed by atoms with Crippen LogP contribution in [0.1, 0.15) is 19.5 Å². The molecular formula is C11H19N3O2S. The average Bonchev–Trinajstić information content (AvgIpc) is 2.74. The molecule has 17 heavy (non-hydrogen) atoms. The van der Waals surface area contributed by atoms with Crippen LogP contribution in [-0.4, -0.2) is 30.3 Å². The van der Waals surface area contributed by atoms with Crippen LogP contribution in [0.25, 0.3) is 0 Å². The minimum atomic E-state index is -3.48. The monoisotopic (exact) mass is 257 g/mol. The van der Waals surface area contributed by atoms with Crippen molar-refractivity contribution in [2.75, 3.05) is 6.54 Å². The van der Waals surface area contributed by atoms with Gasteiger partial charge < -0.3 is 10.7 Å². The predicted molar refractivity (Wildman–Crippen MR) is 67.9 cm³/mol. The lowest BCUT2D eigenvalue weighted by atomic mass is 10.4. The third kappa shape index (κ3) is 2.96. The fourth-order valence-corrected chi connectivity index (χ4v) is 3.16. The molecule has 0 aliphatic heterocycles. The van der Waals surface area contributed by atoms with E-state index in [1.807, 2.05) is 13.8 Å². The zero-order valence-corrected chi connectivity index (χ0v) is 11.0. The number of nitrogens with one attached hydrogen (secondary N) is 1. The third-order valence-corrected chi connectivity index (χ3v) is 4.45. The van der Waals surface area contributed by atoms with Crippen LogP contribution in [0.15, 0.2) is 29.8 Å². The second-order valence-corrected chi connectivity index (χ2v) is 5.91. The molecular weight excluding hydrogens is 238 g/mol. The van der Waals surface area contributed by atoms with Crippen LogP contribution in [0.4, 0.5) is 0 Å². The Morgan fingerprint density at radius 3 is 2.65 bits per heavy atom. The minimum Gasteiger partial charge on any atom is -0.363 e. The molecule has 0 aromatic carbocycles. The standard InChI is InChI=1S/C11H19N3O2S/c1-4-5-14(9(2)3)17(15,16)11-6-10(7-12)13-8-11/h4,6,8-9,13H,1,5,7,12H2,2-3H3. The molecule has 0 unspecified atom stereocenters. The molecule has 0 radical (unpaired) electrons. The van der Waals surface area contributed by atoms with Crippen LogP contribution in [-0.2, 0) is 16.6 Å². The first kappa shape index (κ1) is 14.0. The van der Waals surface area contributed by atoms with Gasteiger partial charge in [0.2, 0.25) is 10.0 Å². The molecule has 0 atom stereocenters. The van der Waals surface area contributed by atoms with Crippen molar-refractivity contribution in [3.63, 3.8) is 0 Å². The molecule has 96 valence electrons. The summed E-state index contributed by atoms with van der Waals surface area (Å²) in [6.07, 6.45) is 3.05. The van der Waals surface area contributed by atoms with E-state index < -0.39 is 10.0 Å². The van der Waals surface area contributed by atoms with E-state index in [0.717, 1.165) is 0 Å². The number of hydrogen-bond donors (Lipinski definition) is 2. The Bertz CT molecular complexity index is 477. The fourth-order valence-electron chi connectivity index (χ4n) is 1.53. The summed E-state index contributed by atoms with van der Waals surface area (Å²) >= 11 is 0. The molecule has 0 aliphatic carbocycles. The molecule has 0 saturated carbocycles. The van der Waals surface area contributed by atoms with Gasteiger partial charge in [-0.25, -0.2) is 8.42 Å². The summed E-state index contributed by atoms with van der Waals surface area (Å²) in [4.78, 5) is 3.08. The predicted octanol–water partition coefficient (Wildman–Crippen LogP) is 1.06. The molecule has 0 spiro atoms. The van der Waals surface area contributed by atoms with Gasteiger partial charge in [-0.1, -0.05) is 6.08 Å².